The van der Waals surface area contributed by atoms with Crippen LogP contribution in [0.2, 0.25) is 0 Å². The van der Waals surface area contributed by atoms with Gasteiger partial charge >= 0.3 is 0 Å². The number of quaternary nitrogens is 2. The van der Waals surface area contributed by atoms with Gasteiger partial charge in [-0.25, -0.2) is 4.39 Å². The zero-order valence-corrected chi connectivity index (χ0v) is 13.8. The molecule has 1 saturated heterocycles. The first-order chi connectivity index (χ1) is 11.2. The van der Waals surface area contributed by atoms with Gasteiger partial charge in [-0.15, -0.1) is 11.3 Å². The third kappa shape index (κ3) is 4.86. The Labute approximate surface area is 139 Å². The fraction of sp³-hybridized carbons (Fsp3) is 0.353. The molecule has 1 amide bonds. The molecule has 0 aliphatic carbocycles. The number of rotatable bonds is 5. The van der Waals surface area contributed by atoms with Gasteiger partial charge in [-0.05, 0) is 29.6 Å². The average Bonchev–Trinajstić information content (AvgIpc) is 3.02. The molecule has 3 N–H and O–H groups in total. The minimum Gasteiger partial charge on any atom is -0.321 e. The lowest BCUT2D eigenvalue weighted by Gasteiger charge is -2.29. The zero-order chi connectivity index (χ0) is 16.1. The third-order valence-corrected chi connectivity index (χ3v) is 5.06. The van der Waals surface area contributed by atoms with Crippen molar-refractivity contribution in [1.29, 1.82) is 0 Å². The lowest BCUT2D eigenvalue weighted by atomic mass is 10.3. The van der Waals surface area contributed by atoms with Crippen LogP contribution in [0.5, 0.6) is 0 Å². The SMILES string of the molecule is O=C(C[NH+]1CC[NH+](Cc2cccs2)CC1)Nc1cccc(F)c1. The van der Waals surface area contributed by atoms with Gasteiger partial charge in [-0.2, -0.15) is 0 Å². The number of amides is 1. The summed E-state index contributed by atoms with van der Waals surface area (Å²) in [5.41, 5.74) is 0.524. The molecule has 122 valence electrons. The lowest BCUT2D eigenvalue weighted by molar-refractivity contribution is -1.01. The van der Waals surface area contributed by atoms with Gasteiger partial charge < -0.3 is 15.1 Å². The summed E-state index contributed by atoms with van der Waals surface area (Å²) in [6.45, 7) is 5.69. The van der Waals surface area contributed by atoms with Crippen LogP contribution < -0.4 is 15.1 Å². The first-order valence-electron chi connectivity index (χ1n) is 7.94. The first-order valence-corrected chi connectivity index (χ1v) is 8.82. The highest BCUT2D eigenvalue weighted by atomic mass is 32.1. The van der Waals surface area contributed by atoms with Crippen molar-refractivity contribution < 1.29 is 19.0 Å². The summed E-state index contributed by atoms with van der Waals surface area (Å²) in [6, 6.07) is 10.3. The predicted octanol–water partition coefficient (Wildman–Crippen LogP) is -0.191. The van der Waals surface area contributed by atoms with Crippen molar-refractivity contribution in [3.8, 4) is 0 Å². The minimum absolute atomic E-state index is 0.0488. The number of carbonyl (C=O) groups is 1. The van der Waals surface area contributed by atoms with Crippen LogP contribution >= 0.6 is 11.3 Å². The largest absolute Gasteiger partial charge is 0.321 e. The standard InChI is InChI=1S/C17H20FN3OS/c18-14-3-1-4-15(11-14)19-17(22)13-21-8-6-20(7-9-21)12-16-5-2-10-23-16/h1-5,10-11H,6-9,12-13H2,(H,19,22)/p+2. The second kappa shape index (κ2) is 7.68. The van der Waals surface area contributed by atoms with E-state index in [-0.39, 0.29) is 11.7 Å². The van der Waals surface area contributed by atoms with Crippen molar-refractivity contribution in [3.05, 3.63) is 52.5 Å². The van der Waals surface area contributed by atoms with Crippen LogP contribution in [0.15, 0.2) is 41.8 Å². The van der Waals surface area contributed by atoms with Crippen LogP contribution in [0.3, 0.4) is 0 Å². The smallest absolute Gasteiger partial charge is 0.279 e. The van der Waals surface area contributed by atoms with Crippen LogP contribution in [0.1, 0.15) is 4.88 Å². The molecule has 1 fully saturated rings. The van der Waals surface area contributed by atoms with Gasteiger partial charge in [0, 0.05) is 5.69 Å². The number of hydrogen-bond donors (Lipinski definition) is 3. The van der Waals surface area contributed by atoms with Gasteiger partial charge in [0.25, 0.3) is 5.91 Å². The van der Waals surface area contributed by atoms with Crippen LogP contribution in [-0.2, 0) is 11.3 Å². The number of benzene rings is 1. The summed E-state index contributed by atoms with van der Waals surface area (Å²) in [5, 5.41) is 4.89. The summed E-state index contributed by atoms with van der Waals surface area (Å²) in [4.78, 5) is 16.4. The fourth-order valence-corrected chi connectivity index (χ4v) is 3.75. The quantitative estimate of drug-likeness (QED) is 0.696. The van der Waals surface area contributed by atoms with Crippen LogP contribution in [0.4, 0.5) is 10.1 Å². The Balaban J connectivity index is 1.42. The molecule has 0 saturated carbocycles. The zero-order valence-electron chi connectivity index (χ0n) is 13.0. The number of carbonyl (C=O) groups excluding carboxylic acids is 1. The molecular formula is C17H22FN3OS+2. The summed E-state index contributed by atoms with van der Waals surface area (Å²) >= 11 is 1.81. The van der Waals surface area contributed by atoms with Gasteiger partial charge in [0.2, 0.25) is 0 Å². The summed E-state index contributed by atoms with van der Waals surface area (Å²) < 4.78 is 13.1. The molecule has 1 aromatic heterocycles. The molecule has 2 aromatic rings. The Kier molecular flexibility index (Phi) is 5.38. The number of piperazine rings is 1. The lowest BCUT2D eigenvalue weighted by Crippen LogP contribution is -3.28. The predicted molar refractivity (Wildman–Crippen MR) is 89.3 cm³/mol. The van der Waals surface area contributed by atoms with E-state index in [0.29, 0.717) is 12.2 Å². The van der Waals surface area contributed by atoms with E-state index in [1.54, 1.807) is 17.0 Å². The van der Waals surface area contributed by atoms with E-state index >= 15 is 0 Å². The van der Waals surface area contributed by atoms with E-state index in [1.165, 1.54) is 21.9 Å². The Morgan fingerprint density at radius 1 is 1.13 bits per heavy atom. The molecule has 0 spiro atoms. The molecular weight excluding hydrogens is 313 g/mol. The van der Waals surface area contributed by atoms with Crippen molar-refractivity contribution in [3.63, 3.8) is 0 Å². The normalized spacial score (nSPS) is 21.1. The maximum atomic E-state index is 13.1. The van der Waals surface area contributed by atoms with Crippen LogP contribution in [0, 0.1) is 5.82 Å². The van der Waals surface area contributed by atoms with E-state index in [2.05, 4.69) is 22.8 Å². The van der Waals surface area contributed by atoms with Gasteiger partial charge in [0.1, 0.15) is 38.5 Å². The van der Waals surface area contributed by atoms with Gasteiger partial charge in [-0.3, -0.25) is 4.79 Å². The topological polar surface area (TPSA) is 38.0 Å². The Morgan fingerprint density at radius 3 is 2.61 bits per heavy atom. The molecule has 4 nitrogen and oxygen atoms in total. The Bertz CT molecular complexity index is 639. The number of hydrogen-bond acceptors (Lipinski definition) is 2. The summed E-state index contributed by atoms with van der Waals surface area (Å²) in [5.74, 6) is -0.381. The maximum Gasteiger partial charge on any atom is 0.279 e. The molecule has 1 aromatic carbocycles. The van der Waals surface area contributed by atoms with Crippen LogP contribution in [-0.4, -0.2) is 38.6 Å². The van der Waals surface area contributed by atoms with Crippen molar-refractivity contribution in [2.75, 3.05) is 38.0 Å². The number of thiophene rings is 1. The molecule has 23 heavy (non-hydrogen) atoms. The second-order valence-electron chi connectivity index (χ2n) is 5.99. The second-order valence-corrected chi connectivity index (χ2v) is 7.02. The highest BCUT2D eigenvalue weighted by molar-refractivity contribution is 7.09. The number of nitrogens with one attached hydrogen (secondary N) is 3. The average molecular weight is 335 g/mol. The van der Waals surface area contributed by atoms with Crippen molar-refractivity contribution in [2.24, 2.45) is 0 Å². The van der Waals surface area contributed by atoms with Crippen molar-refractivity contribution in [1.82, 2.24) is 0 Å². The number of halogens is 1. The molecule has 0 atom stereocenters. The molecule has 0 radical (unpaired) electrons. The Morgan fingerprint density at radius 2 is 1.91 bits per heavy atom. The van der Waals surface area contributed by atoms with Gasteiger partial charge in [-0.1, -0.05) is 12.1 Å². The van der Waals surface area contributed by atoms with E-state index in [4.69, 9.17) is 0 Å². The minimum atomic E-state index is -0.332. The summed E-state index contributed by atoms with van der Waals surface area (Å²) in [7, 11) is 0. The monoisotopic (exact) mass is 335 g/mol. The van der Waals surface area contributed by atoms with Crippen molar-refractivity contribution in [2.45, 2.75) is 6.54 Å². The summed E-state index contributed by atoms with van der Waals surface area (Å²) in [6.07, 6.45) is 0. The molecule has 6 heteroatoms. The van der Waals surface area contributed by atoms with Crippen molar-refractivity contribution >= 4 is 22.9 Å². The molecule has 0 unspecified atom stereocenters. The number of anilines is 1. The maximum absolute atomic E-state index is 13.1. The molecule has 1 aliphatic rings. The molecule has 1 aliphatic heterocycles. The van der Waals surface area contributed by atoms with Crippen LogP contribution in [0.25, 0.3) is 0 Å². The van der Waals surface area contributed by atoms with E-state index in [9.17, 15) is 9.18 Å². The highest BCUT2D eigenvalue weighted by Crippen LogP contribution is 2.08. The fourth-order valence-electron chi connectivity index (χ4n) is 2.97. The molecule has 0 bridgehead atoms. The highest BCUT2D eigenvalue weighted by Gasteiger charge is 2.25. The van der Waals surface area contributed by atoms with Gasteiger partial charge in [0.05, 0.1) is 4.88 Å². The first kappa shape index (κ1) is 16.1. The Hall–Kier alpha value is -1.76. The van der Waals surface area contributed by atoms with E-state index < -0.39 is 0 Å². The van der Waals surface area contributed by atoms with Gasteiger partial charge in [0.15, 0.2) is 6.54 Å². The molecule has 2 heterocycles. The molecule has 3 rings (SSSR count). The van der Waals surface area contributed by atoms with E-state index in [0.717, 1.165) is 32.7 Å². The third-order valence-electron chi connectivity index (χ3n) is 4.19. The van der Waals surface area contributed by atoms with E-state index in [1.807, 2.05) is 11.3 Å².